The second-order valence-electron chi connectivity index (χ2n) is 8.77. The van der Waals surface area contributed by atoms with Crippen LogP contribution in [0, 0.1) is 12.8 Å². The van der Waals surface area contributed by atoms with Gasteiger partial charge in [0.25, 0.3) is 5.56 Å². The van der Waals surface area contributed by atoms with Crippen LogP contribution < -0.4 is 20.9 Å². The molecule has 170 valence electrons. The maximum Gasteiger partial charge on any atom is 0.332 e. The van der Waals surface area contributed by atoms with Crippen LogP contribution in [0.2, 0.25) is 0 Å². The molecule has 8 nitrogen and oxygen atoms in total. The predicted octanol–water partition coefficient (Wildman–Crippen LogP) is 3.05. The van der Waals surface area contributed by atoms with Gasteiger partial charge in [0.2, 0.25) is 5.95 Å². The van der Waals surface area contributed by atoms with Crippen LogP contribution >= 0.6 is 0 Å². The van der Waals surface area contributed by atoms with Crippen LogP contribution in [0.4, 0.5) is 11.6 Å². The van der Waals surface area contributed by atoms with Crippen molar-refractivity contribution in [1.82, 2.24) is 18.7 Å². The fraction of sp³-hybridized carbons (Fsp3) is 0.320. The van der Waals surface area contributed by atoms with Crippen LogP contribution in [0.3, 0.4) is 0 Å². The Kier molecular flexibility index (Phi) is 5.08. The third kappa shape index (κ3) is 3.42. The first-order chi connectivity index (χ1) is 15.9. The summed E-state index contributed by atoms with van der Waals surface area (Å²) in [6, 6.07) is 15.6. The number of fused-ring (bicyclic) bond motifs is 3. The Bertz CT molecular complexity index is 1480. The van der Waals surface area contributed by atoms with Crippen molar-refractivity contribution in [3.05, 3.63) is 80.5 Å². The van der Waals surface area contributed by atoms with Crippen LogP contribution in [-0.4, -0.2) is 32.3 Å². The van der Waals surface area contributed by atoms with E-state index in [9.17, 15) is 9.59 Å². The minimum absolute atomic E-state index is 0.226. The lowest BCUT2D eigenvalue weighted by molar-refractivity contribution is 0.414. The van der Waals surface area contributed by atoms with Crippen LogP contribution in [0.15, 0.2) is 58.1 Å². The first-order valence-corrected chi connectivity index (χ1v) is 11.0. The first kappa shape index (κ1) is 21.1. The third-order valence-corrected chi connectivity index (χ3v) is 6.40. The summed E-state index contributed by atoms with van der Waals surface area (Å²) in [6.07, 6.45) is 0. The molecule has 3 heterocycles. The smallest absolute Gasteiger partial charge is 0.332 e. The monoisotopic (exact) mass is 445 g/mol. The van der Waals surface area contributed by atoms with E-state index in [4.69, 9.17) is 9.72 Å². The number of benzene rings is 2. The van der Waals surface area contributed by atoms with Crippen molar-refractivity contribution in [1.29, 1.82) is 0 Å². The number of nitrogens with zero attached hydrogens (tertiary/aromatic N) is 5. The number of imidazole rings is 1. The lowest BCUT2D eigenvalue weighted by atomic mass is 10.1. The number of ether oxygens (including phenoxy) is 1. The molecule has 5 rings (SSSR count). The van der Waals surface area contributed by atoms with Gasteiger partial charge in [-0.2, -0.15) is 4.98 Å². The highest BCUT2D eigenvalue weighted by atomic mass is 16.5. The van der Waals surface area contributed by atoms with Gasteiger partial charge in [0.1, 0.15) is 5.75 Å². The van der Waals surface area contributed by atoms with Gasteiger partial charge in [-0.15, -0.1) is 0 Å². The van der Waals surface area contributed by atoms with Crippen LogP contribution in [0.25, 0.3) is 11.2 Å². The lowest BCUT2D eigenvalue weighted by Gasteiger charge is -2.33. The zero-order valence-electron chi connectivity index (χ0n) is 19.3. The Morgan fingerprint density at radius 1 is 1.09 bits per heavy atom. The van der Waals surface area contributed by atoms with E-state index in [-0.39, 0.29) is 23.7 Å². The van der Waals surface area contributed by atoms with Crippen molar-refractivity contribution in [2.75, 3.05) is 18.6 Å². The van der Waals surface area contributed by atoms with Gasteiger partial charge in [0.05, 0.1) is 13.7 Å². The lowest BCUT2D eigenvalue weighted by Crippen LogP contribution is -2.40. The van der Waals surface area contributed by atoms with E-state index in [1.807, 2.05) is 60.0 Å². The van der Waals surface area contributed by atoms with E-state index < -0.39 is 0 Å². The van der Waals surface area contributed by atoms with E-state index in [0.29, 0.717) is 23.7 Å². The summed E-state index contributed by atoms with van der Waals surface area (Å²) in [5, 5.41) is 0. The number of aryl methyl sites for hydroxylation is 2. The largest absolute Gasteiger partial charge is 0.497 e. The number of hydrogen-bond donors (Lipinski definition) is 0. The molecule has 2 aromatic carbocycles. The summed E-state index contributed by atoms with van der Waals surface area (Å²) in [6.45, 7) is 5.77. The number of hydrogen-bond acceptors (Lipinski definition) is 5. The van der Waals surface area contributed by atoms with Gasteiger partial charge >= 0.3 is 5.69 Å². The third-order valence-electron chi connectivity index (χ3n) is 6.40. The second kappa shape index (κ2) is 7.95. The Hall–Kier alpha value is -3.81. The minimum atomic E-state index is -0.368. The van der Waals surface area contributed by atoms with Gasteiger partial charge in [0, 0.05) is 31.9 Å². The Labute approximate surface area is 191 Å². The van der Waals surface area contributed by atoms with Crippen molar-refractivity contribution < 1.29 is 4.74 Å². The summed E-state index contributed by atoms with van der Waals surface area (Å²) in [5.41, 5.74) is 3.10. The summed E-state index contributed by atoms with van der Waals surface area (Å²) < 4.78 is 10.2. The maximum absolute atomic E-state index is 13.7. The van der Waals surface area contributed by atoms with Gasteiger partial charge in [0.15, 0.2) is 11.2 Å². The molecule has 1 aliphatic heterocycles. The predicted molar refractivity (Wildman–Crippen MR) is 129 cm³/mol. The normalized spacial score (nSPS) is 15.6. The quantitative estimate of drug-likeness (QED) is 0.483. The van der Waals surface area contributed by atoms with Crippen LogP contribution in [-0.2, 0) is 20.1 Å². The average molecular weight is 446 g/mol. The van der Waals surface area contributed by atoms with E-state index in [1.54, 1.807) is 14.2 Å². The Balaban J connectivity index is 1.72. The minimum Gasteiger partial charge on any atom is -0.497 e. The Morgan fingerprint density at radius 2 is 1.88 bits per heavy atom. The van der Waals surface area contributed by atoms with Crippen molar-refractivity contribution in [3.63, 3.8) is 0 Å². The van der Waals surface area contributed by atoms with Crippen molar-refractivity contribution in [2.24, 2.45) is 13.0 Å². The molecule has 2 aromatic heterocycles. The molecule has 0 N–H and O–H groups in total. The first-order valence-electron chi connectivity index (χ1n) is 11.0. The van der Waals surface area contributed by atoms with Gasteiger partial charge in [-0.05, 0) is 36.1 Å². The molecule has 1 atom stereocenters. The topological polar surface area (TPSA) is 74.3 Å². The van der Waals surface area contributed by atoms with Crippen molar-refractivity contribution >= 4 is 22.8 Å². The van der Waals surface area contributed by atoms with Crippen LogP contribution in [0.1, 0.15) is 18.1 Å². The molecule has 0 saturated heterocycles. The van der Waals surface area contributed by atoms with E-state index in [1.165, 1.54) is 9.13 Å². The number of methoxy groups -OCH3 is 1. The molecule has 0 saturated carbocycles. The fourth-order valence-corrected chi connectivity index (χ4v) is 4.60. The van der Waals surface area contributed by atoms with Gasteiger partial charge in [-0.3, -0.25) is 13.9 Å². The number of anilines is 2. The molecule has 0 unspecified atom stereocenters. The second-order valence-corrected chi connectivity index (χ2v) is 8.77. The average Bonchev–Trinajstić information content (AvgIpc) is 3.20. The standard InChI is InChI=1S/C25H27N5O3/c1-16-13-28(19-10-7-11-20(12-19)33-4)24-26-22-21(29(24)14-16)23(31)30(25(32)27(22)3)15-18-9-6-5-8-17(18)2/h5-12,16H,13-15H2,1-4H3/t16-/m1/s1. The highest BCUT2D eigenvalue weighted by Gasteiger charge is 2.30. The highest BCUT2D eigenvalue weighted by molar-refractivity contribution is 5.77. The van der Waals surface area contributed by atoms with Crippen molar-refractivity contribution in [2.45, 2.75) is 26.9 Å². The van der Waals surface area contributed by atoms with E-state index in [0.717, 1.165) is 29.1 Å². The molecule has 0 fully saturated rings. The molecule has 8 heteroatoms. The molecule has 33 heavy (non-hydrogen) atoms. The Morgan fingerprint density at radius 3 is 2.64 bits per heavy atom. The molecule has 0 aliphatic carbocycles. The number of rotatable bonds is 4. The zero-order valence-corrected chi connectivity index (χ0v) is 19.3. The maximum atomic E-state index is 13.7. The van der Waals surface area contributed by atoms with E-state index in [2.05, 4.69) is 11.8 Å². The number of aromatic nitrogens is 4. The molecule has 0 spiro atoms. The molecule has 0 radical (unpaired) electrons. The molecular formula is C25H27N5O3. The highest BCUT2D eigenvalue weighted by Crippen LogP contribution is 2.34. The zero-order chi connectivity index (χ0) is 23.3. The summed E-state index contributed by atoms with van der Waals surface area (Å²) in [5.74, 6) is 1.70. The summed E-state index contributed by atoms with van der Waals surface area (Å²) >= 11 is 0. The summed E-state index contributed by atoms with van der Waals surface area (Å²) in [4.78, 5) is 33.7. The van der Waals surface area contributed by atoms with Gasteiger partial charge in [-0.25, -0.2) is 4.79 Å². The van der Waals surface area contributed by atoms with Crippen molar-refractivity contribution in [3.8, 4) is 5.75 Å². The van der Waals surface area contributed by atoms with Crippen LogP contribution in [0.5, 0.6) is 5.75 Å². The molecule has 0 bridgehead atoms. The SMILES string of the molecule is COc1cccc(N2C[C@@H](C)Cn3c2nc2c3c(=O)n(Cc3ccccc3C)c(=O)n2C)c1. The van der Waals surface area contributed by atoms with E-state index >= 15 is 0 Å². The van der Waals surface area contributed by atoms with Gasteiger partial charge in [-0.1, -0.05) is 37.3 Å². The molecule has 1 aliphatic rings. The molecular weight excluding hydrogens is 418 g/mol. The molecule has 0 amide bonds. The summed E-state index contributed by atoms with van der Waals surface area (Å²) in [7, 11) is 3.32. The molecule has 4 aromatic rings. The van der Waals surface area contributed by atoms with Gasteiger partial charge < -0.3 is 14.2 Å². The fourth-order valence-electron chi connectivity index (χ4n) is 4.60.